The number of hydrogen-bond acceptors (Lipinski definition) is 1. The minimum absolute atomic E-state index is 0.150. The van der Waals surface area contributed by atoms with Gasteiger partial charge in [0.1, 0.15) is 0 Å². The predicted octanol–water partition coefficient (Wildman–Crippen LogP) is 5.06. The van der Waals surface area contributed by atoms with E-state index in [4.69, 9.17) is 11.6 Å². The van der Waals surface area contributed by atoms with Gasteiger partial charge in [-0.15, -0.1) is 0 Å². The number of rotatable bonds is 3. The monoisotopic (exact) mass is 260 g/mol. The molecule has 0 fully saturated rings. The molecule has 0 aliphatic heterocycles. The second-order valence-electron chi connectivity index (χ2n) is 4.80. The maximum atomic E-state index is 12.0. The van der Waals surface area contributed by atoms with Crippen LogP contribution in [0.4, 0.5) is 0 Å². The van der Waals surface area contributed by atoms with Gasteiger partial charge in [-0.3, -0.25) is 4.79 Å². The largest absolute Gasteiger partial charge is 0.294 e. The Labute approximate surface area is 113 Å². The molecule has 94 valence electrons. The van der Waals surface area contributed by atoms with Crippen molar-refractivity contribution in [1.82, 2.24) is 0 Å². The highest BCUT2D eigenvalue weighted by Gasteiger charge is 2.18. The second-order valence-corrected chi connectivity index (χ2v) is 5.23. The third-order valence-electron chi connectivity index (χ3n) is 3.32. The third-order valence-corrected chi connectivity index (χ3v) is 3.56. The number of allylic oxidation sites excluding steroid dienone is 4. The molecular weight excluding hydrogens is 244 g/mol. The topological polar surface area (TPSA) is 17.1 Å². The summed E-state index contributed by atoms with van der Waals surface area (Å²) in [7, 11) is 0. The summed E-state index contributed by atoms with van der Waals surface area (Å²) in [6.45, 7) is 6.10. The Morgan fingerprint density at radius 2 is 2.06 bits per heavy atom. The van der Waals surface area contributed by atoms with E-state index in [2.05, 4.69) is 19.9 Å². The molecule has 2 rings (SSSR count). The Balaban J connectivity index is 2.53. The molecule has 0 spiro atoms. The van der Waals surface area contributed by atoms with Crippen LogP contribution in [0.25, 0.3) is 5.57 Å². The van der Waals surface area contributed by atoms with Crippen molar-refractivity contribution in [3.05, 3.63) is 51.6 Å². The van der Waals surface area contributed by atoms with Crippen molar-refractivity contribution in [1.29, 1.82) is 0 Å². The third kappa shape index (κ3) is 2.41. The average Bonchev–Trinajstić information content (AvgIpc) is 2.67. The molecule has 18 heavy (non-hydrogen) atoms. The summed E-state index contributed by atoms with van der Waals surface area (Å²) in [6, 6.07) is 5.62. The lowest BCUT2D eigenvalue weighted by Gasteiger charge is -2.11. The summed E-state index contributed by atoms with van der Waals surface area (Å²) in [5.41, 5.74) is 5.63. The SMILES string of the molecule is CCC(=O)c1cc(Cl)ccc1C1=C(C)C=C(C)C1. The van der Waals surface area contributed by atoms with Crippen molar-refractivity contribution in [2.75, 3.05) is 0 Å². The fourth-order valence-corrected chi connectivity index (χ4v) is 2.61. The number of carbonyl (C=O) groups is 1. The second kappa shape index (κ2) is 5.11. The maximum Gasteiger partial charge on any atom is 0.163 e. The van der Waals surface area contributed by atoms with Crippen LogP contribution in [-0.2, 0) is 0 Å². The molecule has 1 aromatic carbocycles. The summed E-state index contributed by atoms with van der Waals surface area (Å²) < 4.78 is 0. The van der Waals surface area contributed by atoms with E-state index >= 15 is 0 Å². The molecule has 1 aromatic rings. The van der Waals surface area contributed by atoms with Gasteiger partial charge >= 0.3 is 0 Å². The van der Waals surface area contributed by atoms with Crippen LogP contribution in [0.15, 0.2) is 35.4 Å². The Kier molecular flexibility index (Phi) is 3.72. The Morgan fingerprint density at radius 3 is 2.61 bits per heavy atom. The highest BCUT2D eigenvalue weighted by atomic mass is 35.5. The van der Waals surface area contributed by atoms with Crippen LogP contribution in [-0.4, -0.2) is 5.78 Å². The number of hydrogen-bond donors (Lipinski definition) is 0. The van der Waals surface area contributed by atoms with E-state index in [-0.39, 0.29) is 5.78 Å². The summed E-state index contributed by atoms with van der Waals surface area (Å²) in [5, 5.41) is 0.622. The fourth-order valence-electron chi connectivity index (χ4n) is 2.43. The minimum atomic E-state index is 0.150. The molecule has 0 heterocycles. The zero-order valence-corrected chi connectivity index (χ0v) is 11.8. The first-order chi connectivity index (χ1) is 8.52. The number of carbonyl (C=O) groups excluding carboxylic acids is 1. The zero-order chi connectivity index (χ0) is 13.3. The lowest BCUT2D eigenvalue weighted by Crippen LogP contribution is -2.02. The number of halogens is 1. The number of Topliss-reactive ketones (excluding diaryl/α,β-unsaturated/α-hetero) is 1. The van der Waals surface area contributed by atoms with Gasteiger partial charge in [-0.25, -0.2) is 0 Å². The van der Waals surface area contributed by atoms with Crippen LogP contribution < -0.4 is 0 Å². The Morgan fingerprint density at radius 1 is 1.33 bits per heavy atom. The first-order valence-electron chi connectivity index (χ1n) is 6.23. The molecule has 1 nitrogen and oxygen atoms in total. The van der Waals surface area contributed by atoms with Crippen molar-refractivity contribution in [2.45, 2.75) is 33.6 Å². The molecule has 0 bridgehead atoms. The normalized spacial score (nSPS) is 15.0. The maximum absolute atomic E-state index is 12.0. The number of ketones is 1. The molecule has 1 aliphatic carbocycles. The van der Waals surface area contributed by atoms with Crippen LogP contribution in [0.2, 0.25) is 5.02 Å². The van der Waals surface area contributed by atoms with Gasteiger partial charge in [0.05, 0.1) is 0 Å². The molecule has 0 radical (unpaired) electrons. The summed E-state index contributed by atoms with van der Waals surface area (Å²) in [6.07, 6.45) is 3.62. The molecule has 0 atom stereocenters. The molecule has 0 unspecified atom stereocenters. The fraction of sp³-hybridized carbons (Fsp3) is 0.312. The summed E-state index contributed by atoms with van der Waals surface area (Å²) in [5.74, 6) is 0.150. The Hall–Kier alpha value is -1.34. The van der Waals surface area contributed by atoms with E-state index in [1.165, 1.54) is 16.7 Å². The van der Waals surface area contributed by atoms with Crippen LogP contribution >= 0.6 is 11.6 Å². The highest BCUT2D eigenvalue weighted by molar-refractivity contribution is 6.31. The van der Waals surface area contributed by atoms with Crippen LogP contribution in [0.3, 0.4) is 0 Å². The zero-order valence-electron chi connectivity index (χ0n) is 11.0. The first kappa shape index (κ1) is 13.1. The van der Waals surface area contributed by atoms with Crippen molar-refractivity contribution in [2.24, 2.45) is 0 Å². The molecule has 0 amide bonds. The van der Waals surface area contributed by atoms with E-state index in [1.54, 1.807) is 6.07 Å². The van der Waals surface area contributed by atoms with Gasteiger partial charge in [0, 0.05) is 17.0 Å². The molecule has 0 N–H and O–H groups in total. The summed E-state index contributed by atoms with van der Waals surface area (Å²) >= 11 is 6.01. The predicted molar refractivity (Wildman–Crippen MR) is 77.0 cm³/mol. The molecule has 0 aromatic heterocycles. The molecule has 2 heteroatoms. The molecular formula is C16H17ClO. The quantitative estimate of drug-likeness (QED) is 0.695. The van der Waals surface area contributed by atoms with Crippen molar-refractivity contribution < 1.29 is 4.79 Å². The van der Waals surface area contributed by atoms with Gasteiger partial charge < -0.3 is 0 Å². The molecule has 1 aliphatic rings. The standard InChI is InChI=1S/C16H17ClO/c1-4-16(18)15-9-12(17)5-6-13(15)14-8-10(2)7-11(14)3/h5-7,9H,4,8H2,1-3H3. The molecule has 0 saturated carbocycles. The Bertz CT molecular complexity index is 564. The first-order valence-corrected chi connectivity index (χ1v) is 6.60. The van der Waals surface area contributed by atoms with Gasteiger partial charge in [-0.2, -0.15) is 0 Å². The van der Waals surface area contributed by atoms with Crippen molar-refractivity contribution in [3.8, 4) is 0 Å². The van der Waals surface area contributed by atoms with Gasteiger partial charge in [0.2, 0.25) is 0 Å². The van der Waals surface area contributed by atoms with Gasteiger partial charge in [0.25, 0.3) is 0 Å². The van der Waals surface area contributed by atoms with E-state index in [1.807, 2.05) is 19.1 Å². The van der Waals surface area contributed by atoms with Crippen LogP contribution in [0, 0.1) is 0 Å². The average molecular weight is 261 g/mol. The van der Waals surface area contributed by atoms with Crippen LogP contribution in [0.5, 0.6) is 0 Å². The van der Waals surface area contributed by atoms with Gasteiger partial charge in [-0.05, 0) is 49.1 Å². The number of benzene rings is 1. The van der Waals surface area contributed by atoms with Crippen LogP contribution in [0.1, 0.15) is 49.5 Å². The lowest BCUT2D eigenvalue weighted by molar-refractivity contribution is 0.0988. The van der Waals surface area contributed by atoms with Crippen molar-refractivity contribution in [3.63, 3.8) is 0 Å². The van der Waals surface area contributed by atoms with Crippen molar-refractivity contribution >= 4 is 23.0 Å². The van der Waals surface area contributed by atoms with E-state index in [9.17, 15) is 4.79 Å². The minimum Gasteiger partial charge on any atom is -0.294 e. The summed E-state index contributed by atoms with van der Waals surface area (Å²) in [4.78, 5) is 12.0. The smallest absolute Gasteiger partial charge is 0.163 e. The van der Waals surface area contributed by atoms with E-state index in [0.29, 0.717) is 11.4 Å². The van der Waals surface area contributed by atoms with Gasteiger partial charge in [0.15, 0.2) is 5.78 Å². The van der Waals surface area contributed by atoms with E-state index in [0.717, 1.165) is 17.5 Å². The lowest BCUT2D eigenvalue weighted by atomic mass is 9.93. The highest BCUT2D eigenvalue weighted by Crippen LogP contribution is 2.35. The molecule has 0 saturated heterocycles. The van der Waals surface area contributed by atoms with Gasteiger partial charge in [-0.1, -0.05) is 36.2 Å². The van der Waals surface area contributed by atoms with E-state index < -0.39 is 0 Å².